The number of H-pyrrole nitrogens is 1. The van der Waals surface area contributed by atoms with Crippen LogP contribution in [-0.2, 0) is 11.2 Å². The van der Waals surface area contributed by atoms with Gasteiger partial charge < -0.3 is 24.7 Å². The monoisotopic (exact) mass is 483 g/mol. The third-order valence-electron chi connectivity index (χ3n) is 6.74. The van der Waals surface area contributed by atoms with E-state index in [1.807, 2.05) is 71.8 Å². The molecule has 0 spiro atoms. The van der Waals surface area contributed by atoms with E-state index in [4.69, 9.17) is 9.47 Å². The Morgan fingerprint density at radius 1 is 0.972 bits per heavy atom. The van der Waals surface area contributed by atoms with Gasteiger partial charge in [-0.1, -0.05) is 42.5 Å². The fraction of sp³-hybridized carbons (Fsp3) is 0.241. The maximum atomic E-state index is 13.3. The Balaban J connectivity index is 1.26. The molecule has 0 saturated carbocycles. The van der Waals surface area contributed by atoms with E-state index < -0.39 is 0 Å². The highest BCUT2D eigenvalue weighted by Gasteiger charge is 2.38. The molecule has 2 amide bonds. The van der Waals surface area contributed by atoms with E-state index in [-0.39, 0.29) is 24.3 Å². The molecule has 7 nitrogen and oxygen atoms in total. The Kier molecular flexibility index (Phi) is 6.62. The van der Waals surface area contributed by atoms with Crippen molar-refractivity contribution in [3.8, 4) is 11.5 Å². The van der Waals surface area contributed by atoms with Crippen LogP contribution in [0.3, 0.4) is 0 Å². The quantitative estimate of drug-likeness (QED) is 0.368. The Hall–Kier alpha value is -4.26. The van der Waals surface area contributed by atoms with Gasteiger partial charge in [0.25, 0.3) is 5.91 Å². The first-order chi connectivity index (χ1) is 17.6. The molecule has 2 heterocycles. The predicted molar refractivity (Wildman–Crippen MR) is 138 cm³/mol. The molecule has 36 heavy (non-hydrogen) atoms. The van der Waals surface area contributed by atoms with Crippen molar-refractivity contribution < 1.29 is 19.1 Å². The number of hydrogen-bond donors (Lipinski definition) is 2. The first kappa shape index (κ1) is 23.5. The average Bonchev–Trinajstić information content (AvgIpc) is 3.45. The standard InChI is InChI=1S/C29H29N3O4/c1-35-25-12-11-19(17-26(25)36-2)13-15-30-27(33)14-16-32-28(21-8-3-4-9-22(21)29(32)34)23-18-31-24-10-6-5-7-20(23)24/h3-12,17-18,28,31H,13-16H2,1-2H3,(H,30,33)/t28-/m1/s1. The molecular weight excluding hydrogens is 454 g/mol. The summed E-state index contributed by atoms with van der Waals surface area (Å²) in [6.07, 6.45) is 2.86. The highest BCUT2D eigenvalue weighted by atomic mass is 16.5. The number of methoxy groups -OCH3 is 2. The van der Waals surface area contributed by atoms with Gasteiger partial charge in [0.15, 0.2) is 11.5 Å². The molecule has 0 unspecified atom stereocenters. The maximum Gasteiger partial charge on any atom is 0.255 e. The smallest absolute Gasteiger partial charge is 0.255 e. The average molecular weight is 484 g/mol. The predicted octanol–water partition coefficient (Wildman–Crippen LogP) is 4.48. The van der Waals surface area contributed by atoms with Gasteiger partial charge in [-0.15, -0.1) is 0 Å². The van der Waals surface area contributed by atoms with Crippen molar-refractivity contribution in [1.82, 2.24) is 15.2 Å². The molecule has 3 aromatic carbocycles. The highest BCUT2D eigenvalue weighted by Crippen LogP contribution is 2.41. The summed E-state index contributed by atoms with van der Waals surface area (Å²) in [6, 6.07) is 21.3. The molecule has 1 atom stereocenters. The molecule has 184 valence electrons. The molecule has 1 aliphatic heterocycles. The van der Waals surface area contributed by atoms with Crippen molar-refractivity contribution in [3.05, 3.63) is 95.2 Å². The van der Waals surface area contributed by atoms with E-state index in [0.29, 0.717) is 36.6 Å². The summed E-state index contributed by atoms with van der Waals surface area (Å²) in [5.74, 6) is 1.21. The number of carbonyl (C=O) groups excluding carboxylic acids is 2. The van der Waals surface area contributed by atoms with Crippen LogP contribution in [0.25, 0.3) is 10.9 Å². The van der Waals surface area contributed by atoms with Gasteiger partial charge in [0.1, 0.15) is 0 Å². The molecule has 5 rings (SSSR count). The molecule has 1 aliphatic rings. The Morgan fingerprint density at radius 3 is 2.58 bits per heavy atom. The van der Waals surface area contributed by atoms with Gasteiger partial charge in [-0.2, -0.15) is 0 Å². The molecule has 2 N–H and O–H groups in total. The first-order valence-electron chi connectivity index (χ1n) is 12.0. The number of amides is 2. The summed E-state index contributed by atoms with van der Waals surface area (Å²) in [4.78, 5) is 31.2. The molecule has 0 bridgehead atoms. The molecule has 1 aromatic heterocycles. The second kappa shape index (κ2) is 10.2. The molecule has 0 radical (unpaired) electrons. The van der Waals surface area contributed by atoms with Crippen molar-refractivity contribution in [3.63, 3.8) is 0 Å². The number of rotatable bonds is 9. The fourth-order valence-corrected chi connectivity index (χ4v) is 4.95. The van der Waals surface area contributed by atoms with E-state index in [1.165, 1.54) is 0 Å². The summed E-state index contributed by atoms with van der Waals surface area (Å²) >= 11 is 0. The van der Waals surface area contributed by atoms with E-state index in [9.17, 15) is 9.59 Å². The van der Waals surface area contributed by atoms with Crippen LogP contribution in [0.1, 0.15) is 39.5 Å². The number of nitrogens with one attached hydrogen (secondary N) is 2. The van der Waals surface area contributed by atoms with E-state index in [0.717, 1.165) is 27.6 Å². The number of carbonyl (C=O) groups is 2. The van der Waals surface area contributed by atoms with E-state index >= 15 is 0 Å². The summed E-state index contributed by atoms with van der Waals surface area (Å²) in [6.45, 7) is 0.828. The highest BCUT2D eigenvalue weighted by molar-refractivity contribution is 6.01. The normalized spacial score (nSPS) is 14.7. The van der Waals surface area contributed by atoms with E-state index in [2.05, 4.69) is 16.4 Å². The topological polar surface area (TPSA) is 83.7 Å². The van der Waals surface area contributed by atoms with Crippen LogP contribution in [0.2, 0.25) is 0 Å². The molecule has 4 aromatic rings. The Morgan fingerprint density at radius 2 is 1.75 bits per heavy atom. The van der Waals surface area contributed by atoms with Crippen molar-refractivity contribution in [2.45, 2.75) is 18.9 Å². The van der Waals surface area contributed by atoms with Gasteiger partial charge in [-0.05, 0) is 41.8 Å². The summed E-state index contributed by atoms with van der Waals surface area (Å²) in [7, 11) is 3.20. The number of aromatic amines is 1. The second-order valence-corrected chi connectivity index (χ2v) is 8.82. The van der Waals surface area contributed by atoms with Gasteiger partial charge >= 0.3 is 0 Å². The number of benzene rings is 3. The molecule has 0 aliphatic carbocycles. The lowest BCUT2D eigenvalue weighted by molar-refractivity contribution is -0.121. The minimum Gasteiger partial charge on any atom is -0.493 e. The summed E-state index contributed by atoms with van der Waals surface area (Å²) in [5.41, 5.74) is 4.77. The number of ether oxygens (including phenoxy) is 2. The lowest BCUT2D eigenvalue weighted by Crippen LogP contribution is -2.34. The van der Waals surface area contributed by atoms with Crippen molar-refractivity contribution in [2.24, 2.45) is 0 Å². The van der Waals surface area contributed by atoms with Crippen LogP contribution >= 0.6 is 0 Å². The zero-order valence-corrected chi connectivity index (χ0v) is 20.4. The van der Waals surface area contributed by atoms with Crippen LogP contribution < -0.4 is 14.8 Å². The van der Waals surface area contributed by atoms with Crippen LogP contribution in [0.5, 0.6) is 11.5 Å². The summed E-state index contributed by atoms with van der Waals surface area (Å²) < 4.78 is 10.6. The van der Waals surface area contributed by atoms with Crippen LogP contribution in [-0.4, -0.2) is 49.0 Å². The van der Waals surface area contributed by atoms with E-state index in [1.54, 1.807) is 14.2 Å². The number of para-hydroxylation sites is 1. The number of fused-ring (bicyclic) bond motifs is 2. The number of nitrogens with zero attached hydrogens (tertiary/aromatic N) is 1. The molecular formula is C29H29N3O4. The Bertz CT molecular complexity index is 1410. The van der Waals surface area contributed by atoms with Crippen LogP contribution in [0.4, 0.5) is 0 Å². The summed E-state index contributed by atoms with van der Waals surface area (Å²) in [5, 5.41) is 4.06. The zero-order valence-electron chi connectivity index (χ0n) is 20.4. The van der Waals surface area contributed by atoms with Gasteiger partial charge in [0, 0.05) is 47.7 Å². The number of aromatic nitrogens is 1. The lowest BCUT2D eigenvalue weighted by atomic mass is 9.97. The lowest BCUT2D eigenvalue weighted by Gasteiger charge is -2.25. The van der Waals surface area contributed by atoms with Crippen LogP contribution in [0.15, 0.2) is 72.9 Å². The maximum absolute atomic E-state index is 13.3. The fourth-order valence-electron chi connectivity index (χ4n) is 4.95. The van der Waals surface area contributed by atoms with Crippen molar-refractivity contribution >= 4 is 22.7 Å². The van der Waals surface area contributed by atoms with Crippen molar-refractivity contribution in [1.29, 1.82) is 0 Å². The largest absolute Gasteiger partial charge is 0.493 e. The first-order valence-corrected chi connectivity index (χ1v) is 12.0. The van der Waals surface area contributed by atoms with Gasteiger partial charge in [0.2, 0.25) is 5.91 Å². The SMILES string of the molecule is COc1ccc(CCNC(=O)CCN2C(=O)c3ccccc3[C@@H]2c2c[nH]c3ccccc23)cc1OC. The number of hydrogen-bond acceptors (Lipinski definition) is 4. The minimum atomic E-state index is -0.232. The third-order valence-corrected chi connectivity index (χ3v) is 6.74. The molecule has 0 saturated heterocycles. The second-order valence-electron chi connectivity index (χ2n) is 8.82. The third kappa shape index (κ3) is 4.40. The van der Waals surface area contributed by atoms with Crippen molar-refractivity contribution in [2.75, 3.05) is 27.3 Å². The minimum absolute atomic E-state index is 0.0426. The molecule has 0 fully saturated rings. The zero-order chi connectivity index (χ0) is 25.1. The van der Waals surface area contributed by atoms with Gasteiger partial charge in [-0.25, -0.2) is 0 Å². The van der Waals surface area contributed by atoms with Gasteiger partial charge in [-0.3, -0.25) is 9.59 Å². The van der Waals surface area contributed by atoms with Gasteiger partial charge in [0.05, 0.1) is 20.3 Å². The van der Waals surface area contributed by atoms with Crippen LogP contribution in [0, 0.1) is 0 Å². The Labute approximate surface area is 210 Å². The molecule has 7 heteroatoms.